The van der Waals surface area contributed by atoms with E-state index in [-0.39, 0.29) is 16.8 Å². The number of hydrogen-bond donors (Lipinski definition) is 1. The predicted molar refractivity (Wildman–Crippen MR) is 95.5 cm³/mol. The largest absolute Gasteiger partial charge is 0.339 e. The van der Waals surface area contributed by atoms with Crippen LogP contribution in [-0.2, 0) is 10.0 Å². The maximum Gasteiger partial charge on any atom is 0.253 e. The van der Waals surface area contributed by atoms with Gasteiger partial charge in [0, 0.05) is 24.7 Å². The Kier molecular flexibility index (Phi) is 6.80. The first kappa shape index (κ1) is 18.9. The molecule has 1 aliphatic rings. The molecule has 1 saturated carbocycles. The molecule has 24 heavy (non-hydrogen) atoms. The zero-order valence-corrected chi connectivity index (χ0v) is 15.4. The molecular formula is C18H28N2O3S. The van der Waals surface area contributed by atoms with Gasteiger partial charge in [-0.1, -0.05) is 32.8 Å². The summed E-state index contributed by atoms with van der Waals surface area (Å²) >= 11 is 0. The molecule has 0 unspecified atom stereocenters. The number of benzene rings is 1. The average Bonchev–Trinajstić information content (AvgIpc) is 3.06. The molecule has 0 radical (unpaired) electrons. The van der Waals surface area contributed by atoms with E-state index in [0.717, 1.165) is 38.5 Å². The van der Waals surface area contributed by atoms with E-state index in [0.29, 0.717) is 18.7 Å². The zero-order valence-electron chi connectivity index (χ0n) is 14.6. The van der Waals surface area contributed by atoms with Crippen molar-refractivity contribution in [2.75, 3.05) is 13.1 Å². The van der Waals surface area contributed by atoms with Gasteiger partial charge in [0.2, 0.25) is 10.0 Å². The molecule has 2 rings (SSSR count). The summed E-state index contributed by atoms with van der Waals surface area (Å²) < 4.78 is 27.9. The number of rotatable bonds is 8. The van der Waals surface area contributed by atoms with Crippen LogP contribution in [0, 0.1) is 0 Å². The van der Waals surface area contributed by atoms with Crippen molar-refractivity contribution in [3.8, 4) is 0 Å². The Hall–Kier alpha value is -1.40. The fourth-order valence-corrected chi connectivity index (χ4v) is 4.52. The number of nitrogens with zero attached hydrogens (tertiary/aromatic N) is 1. The molecule has 0 aliphatic heterocycles. The minimum absolute atomic E-state index is 0.0195. The second kappa shape index (κ2) is 8.62. The summed E-state index contributed by atoms with van der Waals surface area (Å²) in [7, 11) is -3.57. The van der Waals surface area contributed by atoms with Gasteiger partial charge in [0.25, 0.3) is 5.91 Å². The first-order chi connectivity index (χ1) is 11.5. The first-order valence-electron chi connectivity index (χ1n) is 8.89. The number of sulfonamides is 1. The molecular weight excluding hydrogens is 324 g/mol. The van der Waals surface area contributed by atoms with E-state index < -0.39 is 10.0 Å². The van der Waals surface area contributed by atoms with E-state index in [4.69, 9.17) is 0 Å². The molecule has 6 heteroatoms. The fourth-order valence-electron chi connectivity index (χ4n) is 3.16. The lowest BCUT2D eigenvalue weighted by atomic mass is 10.2. The van der Waals surface area contributed by atoms with E-state index in [1.807, 2.05) is 13.8 Å². The SMILES string of the molecule is CCCN(CCC)C(=O)c1cccc(S(=O)(=O)NC2CCCC2)c1. The zero-order chi connectivity index (χ0) is 17.6. The third-order valence-corrected chi connectivity index (χ3v) is 5.86. The minimum Gasteiger partial charge on any atom is -0.339 e. The molecule has 5 nitrogen and oxygen atoms in total. The van der Waals surface area contributed by atoms with Gasteiger partial charge in [0.1, 0.15) is 0 Å². The van der Waals surface area contributed by atoms with Crippen LogP contribution in [-0.4, -0.2) is 38.4 Å². The molecule has 0 saturated heterocycles. The van der Waals surface area contributed by atoms with Crippen molar-refractivity contribution in [3.05, 3.63) is 29.8 Å². The highest BCUT2D eigenvalue weighted by atomic mass is 32.2. The highest BCUT2D eigenvalue weighted by molar-refractivity contribution is 7.89. The Morgan fingerprint density at radius 3 is 2.38 bits per heavy atom. The maximum absolute atomic E-state index is 12.7. The normalized spacial score (nSPS) is 15.6. The lowest BCUT2D eigenvalue weighted by Crippen LogP contribution is -2.34. The van der Waals surface area contributed by atoms with E-state index in [1.165, 1.54) is 6.07 Å². The van der Waals surface area contributed by atoms with Crippen LogP contribution in [0.4, 0.5) is 0 Å². The molecule has 0 heterocycles. The number of hydrogen-bond acceptors (Lipinski definition) is 3. The quantitative estimate of drug-likeness (QED) is 0.781. The fraction of sp³-hybridized carbons (Fsp3) is 0.611. The van der Waals surface area contributed by atoms with Crippen LogP contribution < -0.4 is 4.72 Å². The summed E-state index contributed by atoms with van der Waals surface area (Å²) in [6, 6.07) is 6.41. The monoisotopic (exact) mass is 352 g/mol. The lowest BCUT2D eigenvalue weighted by Gasteiger charge is -2.22. The molecule has 0 spiro atoms. The minimum atomic E-state index is -3.57. The third-order valence-electron chi connectivity index (χ3n) is 4.34. The molecule has 0 atom stereocenters. The van der Waals surface area contributed by atoms with Gasteiger partial charge in [-0.2, -0.15) is 0 Å². The maximum atomic E-state index is 12.7. The average molecular weight is 353 g/mol. The second-order valence-electron chi connectivity index (χ2n) is 6.42. The molecule has 1 aromatic rings. The van der Waals surface area contributed by atoms with Crippen LogP contribution >= 0.6 is 0 Å². The molecule has 134 valence electrons. The van der Waals surface area contributed by atoms with Crippen LogP contribution in [0.5, 0.6) is 0 Å². The van der Waals surface area contributed by atoms with E-state index in [2.05, 4.69) is 4.72 Å². The van der Waals surface area contributed by atoms with Crippen LogP contribution in [0.3, 0.4) is 0 Å². The smallest absolute Gasteiger partial charge is 0.253 e. The van der Waals surface area contributed by atoms with Crippen molar-refractivity contribution in [2.45, 2.75) is 63.3 Å². The van der Waals surface area contributed by atoms with E-state index in [9.17, 15) is 13.2 Å². The van der Waals surface area contributed by atoms with Gasteiger partial charge in [0.15, 0.2) is 0 Å². The van der Waals surface area contributed by atoms with Gasteiger partial charge in [-0.3, -0.25) is 4.79 Å². The second-order valence-corrected chi connectivity index (χ2v) is 8.14. The molecule has 1 N–H and O–H groups in total. The first-order valence-corrected chi connectivity index (χ1v) is 10.4. The summed E-state index contributed by atoms with van der Waals surface area (Å²) in [5, 5.41) is 0. The van der Waals surface area contributed by atoms with Crippen molar-refractivity contribution < 1.29 is 13.2 Å². The summed E-state index contributed by atoms with van der Waals surface area (Å²) in [6.07, 6.45) is 5.67. The summed E-state index contributed by atoms with van der Waals surface area (Å²) in [4.78, 5) is 14.6. The van der Waals surface area contributed by atoms with Crippen molar-refractivity contribution in [2.24, 2.45) is 0 Å². The lowest BCUT2D eigenvalue weighted by molar-refractivity contribution is 0.0755. The number of carbonyl (C=O) groups is 1. The Labute approximate surface area is 145 Å². The van der Waals surface area contributed by atoms with E-state index in [1.54, 1.807) is 23.1 Å². The number of nitrogens with one attached hydrogen (secondary N) is 1. The highest BCUT2D eigenvalue weighted by Gasteiger charge is 2.24. The van der Waals surface area contributed by atoms with Gasteiger partial charge in [-0.15, -0.1) is 0 Å². The molecule has 0 aromatic heterocycles. The number of amides is 1. The van der Waals surface area contributed by atoms with Crippen LogP contribution in [0.15, 0.2) is 29.2 Å². The molecule has 0 bridgehead atoms. The van der Waals surface area contributed by atoms with Gasteiger partial charge in [-0.05, 0) is 43.9 Å². The Morgan fingerprint density at radius 1 is 1.17 bits per heavy atom. The van der Waals surface area contributed by atoms with Crippen molar-refractivity contribution >= 4 is 15.9 Å². The van der Waals surface area contributed by atoms with Crippen molar-refractivity contribution in [3.63, 3.8) is 0 Å². The van der Waals surface area contributed by atoms with Crippen LogP contribution in [0.25, 0.3) is 0 Å². The topological polar surface area (TPSA) is 66.5 Å². The predicted octanol–water partition coefficient (Wildman–Crippen LogP) is 3.17. The van der Waals surface area contributed by atoms with Crippen LogP contribution in [0.2, 0.25) is 0 Å². The molecule has 1 amide bonds. The van der Waals surface area contributed by atoms with Gasteiger partial charge in [-0.25, -0.2) is 13.1 Å². The number of carbonyl (C=O) groups excluding carboxylic acids is 1. The van der Waals surface area contributed by atoms with E-state index >= 15 is 0 Å². The Morgan fingerprint density at radius 2 is 1.79 bits per heavy atom. The van der Waals surface area contributed by atoms with Gasteiger partial charge >= 0.3 is 0 Å². The molecule has 1 fully saturated rings. The summed E-state index contributed by atoms with van der Waals surface area (Å²) in [5.41, 5.74) is 0.436. The Balaban J connectivity index is 2.19. The van der Waals surface area contributed by atoms with Crippen molar-refractivity contribution in [1.29, 1.82) is 0 Å². The highest BCUT2D eigenvalue weighted by Crippen LogP contribution is 2.21. The standard InChI is InChI=1S/C18H28N2O3S/c1-3-12-20(13-4-2)18(21)15-8-7-11-17(14-15)24(22,23)19-16-9-5-6-10-16/h7-8,11,14,16,19H,3-6,9-10,12-13H2,1-2H3. The molecule has 1 aliphatic carbocycles. The Bertz CT molecular complexity index is 646. The van der Waals surface area contributed by atoms with Crippen molar-refractivity contribution in [1.82, 2.24) is 9.62 Å². The third kappa shape index (κ3) is 4.80. The molecule has 1 aromatic carbocycles. The van der Waals surface area contributed by atoms with Gasteiger partial charge < -0.3 is 4.90 Å². The van der Waals surface area contributed by atoms with Crippen LogP contribution in [0.1, 0.15) is 62.7 Å². The summed E-state index contributed by atoms with van der Waals surface area (Å²) in [6.45, 7) is 5.43. The van der Waals surface area contributed by atoms with Gasteiger partial charge in [0.05, 0.1) is 4.90 Å². The summed E-state index contributed by atoms with van der Waals surface area (Å²) in [5.74, 6) is -0.100.